The van der Waals surface area contributed by atoms with Crippen LogP contribution in [0.5, 0.6) is 0 Å². The first-order valence-corrected chi connectivity index (χ1v) is 8.97. The van der Waals surface area contributed by atoms with E-state index in [2.05, 4.69) is 19.3 Å². The summed E-state index contributed by atoms with van der Waals surface area (Å²) < 4.78 is 5.60. The second kappa shape index (κ2) is 4.69. The molecule has 0 radical (unpaired) electrons. The minimum Gasteiger partial charge on any atom is -0.381 e. The second-order valence-corrected chi connectivity index (χ2v) is 9.73. The van der Waals surface area contributed by atoms with Gasteiger partial charge in [0.1, 0.15) is 0 Å². The summed E-state index contributed by atoms with van der Waals surface area (Å²) in [7, 11) is 0. The third kappa shape index (κ3) is 2.46. The molecule has 3 nitrogen and oxygen atoms in total. The maximum absolute atomic E-state index is 5.94. The molecule has 4 aliphatic carbocycles. The van der Waals surface area contributed by atoms with E-state index in [9.17, 15) is 0 Å². The summed E-state index contributed by atoms with van der Waals surface area (Å²) in [5, 5.41) is 0. The molecule has 4 atom stereocenters. The maximum atomic E-state index is 5.94. The van der Waals surface area contributed by atoms with Crippen molar-refractivity contribution in [3.05, 3.63) is 0 Å². The van der Waals surface area contributed by atoms with E-state index in [4.69, 9.17) is 10.6 Å². The zero-order valence-corrected chi connectivity index (χ0v) is 13.8. The number of rotatable bonds is 4. The molecular weight excluding hydrogens is 260 g/mol. The first-order chi connectivity index (χ1) is 9.93. The summed E-state index contributed by atoms with van der Waals surface area (Å²) in [5.74, 6) is 7.55. The van der Waals surface area contributed by atoms with Gasteiger partial charge in [0.25, 0.3) is 0 Å². The fourth-order valence-electron chi connectivity index (χ4n) is 7.61. The van der Waals surface area contributed by atoms with E-state index in [1.54, 1.807) is 0 Å². The van der Waals surface area contributed by atoms with Gasteiger partial charge in [-0.1, -0.05) is 13.8 Å². The molecule has 5 aliphatic rings. The van der Waals surface area contributed by atoms with Crippen LogP contribution in [-0.2, 0) is 4.74 Å². The molecule has 3 heteroatoms. The summed E-state index contributed by atoms with van der Waals surface area (Å²) in [5.41, 5.74) is 4.94. The van der Waals surface area contributed by atoms with Crippen LogP contribution in [0.25, 0.3) is 0 Å². The summed E-state index contributed by atoms with van der Waals surface area (Å²) in [6, 6.07) is 0.455. The average Bonchev–Trinajstić information content (AvgIpc) is 2.85. The molecule has 3 N–H and O–H groups in total. The quantitative estimate of drug-likeness (QED) is 0.618. The Labute approximate surface area is 129 Å². The number of hydrazine groups is 1. The Hall–Kier alpha value is -0.120. The van der Waals surface area contributed by atoms with E-state index in [1.807, 2.05) is 0 Å². The summed E-state index contributed by atoms with van der Waals surface area (Å²) in [6.45, 7) is 6.96. The molecule has 4 unspecified atom stereocenters. The number of nitrogens with two attached hydrogens (primary N) is 1. The standard InChI is InChI=1S/C18H32N2O/c1-16-5-13-6-17(2,10-16)12-18(7-13,11-16)8-15(20-19)14-3-4-21-9-14/h13-15,20H,3-12,19H2,1-2H3. The minimum atomic E-state index is 0.455. The molecule has 1 aliphatic heterocycles. The lowest BCUT2D eigenvalue weighted by atomic mass is 9.39. The van der Waals surface area contributed by atoms with E-state index in [1.165, 1.54) is 51.4 Å². The smallest absolute Gasteiger partial charge is 0.0510 e. The topological polar surface area (TPSA) is 47.3 Å². The molecule has 0 amide bonds. The Morgan fingerprint density at radius 2 is 1.86 bits per heavy atom. The molecule has 0 aromatic carbocycles. The SMILES string of the molecule is CC12CC3CC(C)(C1)CC(CC(NN)C1CCOC1)(C3)C2. The van der Waals surface area contributed by atoms with Gasteiger partial charge in [-0.15, -0.1) is 0 Å². The van der Waals surface area contributed by atoms with Gasteiger partial charge >= 0.3 is 0 Å². The Bertz CT molecular complexity index is 399. The highest BCUT2D eigenvalue weighted by atomic mass is 16.5. The van der Waals surface area contributed by atoms with Gasteiger partial charge in [0.2, 0.25) is 0 Å². The zero-order valence-electron chi connectivity index (χ0n) is 13.8. The molecule has 4 bridgehead atoms. The lowest BCUT2D eigenvalue weighted by Gasteiger charge is -2.66. The van der Waals surface area contributed by atoms with E-state index in [0.29, 0.717) is 28.2 Å². The number of nitrogens with one attached hydrogen (secondary N) is 1. The van der Waals surface area contributed by atoms with Crippen molar-refractivity contribution in [2.45, 2.75) is 71.3 Å². The van der Waals surface area contributed by atoms with E-state index >= 15 is 0 Å². The number of ether oxygens (including phenoxy) is 1. The van der Waals surface area contributed by atoms with Gasteiger partial charge in [-0.3, -0.25) is 11.3 Å². The summed E-state index contributed by atoms with van der Waals surface area (Å²) in [4.78, 5) is 0. The van der Waals surface area contributed by atoms with E-state index in [0.717, 1.165) is 19.1 Å². The van der Waals surface area contributed by atoms with Crippen LogP contribution in [0.4, 0.5) is 0 Å². The lowest BCUT2D eigenvalue weighted by molar-refractivity contribution is -0.151. The van der Waals surface area contributed by atoms with Crippen molar-refractivity contribution < 1.29 is 4.74 Å². The molecular formula is C18H32N2O. The van der Waals surface area contributed by atoms with E-state index < -0.39 is 0 Å². The average molecular weight is 292 g/mol. The first kappa shape index (κ1) is 14.5. The predicted octanol–water partition coefficient (Wildman–Crippen LogP) is 3.24. The molecule has 0 aromatic rings. The van der Waals surface area contributed by atoms with Crippen molar-refractivity contribution in [2.75, 3.05) is 13.2 Å². The van der Waals surface area contributed by atoms with Gasteiger partial charge in [-0.2, -0.15) is 0 Å². The second-order valence-electron chi connectivity index (χ2n) is 9.73. The van der Waals surface area contributed by atoms with Crippen molar-refractivity contribution >= 4 is 0 Å². The maximum Gasteiger partial charge on any atom is 0.0510 e. The highest BCUT2D eigenvalue weighted by Crippen LogP contribution is 2.70. The lowest BCUT2D eigenvalue weighted by Crippen LogP contribution is -2.57. The molecule has 4 saturated carbocycles. The predicted molar refractivity (Wildman–Crippen MR) is 84.5 cm³/mol. The fraction of sp³-hybridized carbons (Fsp3) is 1.00. The van der Waals surface area contributed by atoms with E-state index in [-0.39, 0.29) is 0 Å². The van der Waals surface area contributed by atoms with Crippen LogP contribution >= 0.6 is 0 Å². The van der Waals surface area contributed by atoms with Gasteiger partial charge in [0.05, 0.1) is 6.61 Å². The fourth-order valence-corrected chi connectivity index (χ4v) is 7.61. The van der Waals surface area contributed by atoms with Crippen molar-refractivity contribution in [1.82, 2.24) is 5.43 Å². The Kier molecular flexibility index (Phi) is 3.23. The molecule has 5 fully saturated rings. The van der Waals surface area contributed by atoms with Crippen molar-refractivity contribution in [3.63, 3.8) is 0 Å². The Morgan fingerprint density at radius 1 is 1.14 bits per heavy atom. The highest BCUT2D eigenvalue weighted by molar-refractivity contribution is 5.11. The van der Waals surface area contributed by atoms with Crippen molar-refractivity contribution in [1.29, 1.82) is 0 Å². The number of hydrogen-bond acceptors (Lipinski definition) is 3. The van der Waals surface area contributed by atoms with Gasteiger partial charge < -0.3 is 4.74 Å². The minimum absolute atomic E-state index is 0.455. The zero-order chi connectivity index (χ0) is 14.7. The van der Waals surface area contributed by atoms with Crippen molar-refractivity contribution in [3.8, 4) is 0 Å². The first-order valence-electron chi connectivity index (χ1n) is 8.97. The molecule has 21 heavy (non-hydrogen) atoms. The molecule has 5 rings (SSSR count). The van der Waals surface area contributed by atoms with Gasteiger partial charge in [0.15, 0.2) is 0 Å². The molecule has 120 valence electrons. The third-order valence-electron chi connectivity index (χ3n) is 7.14. The van der Waals surface area contributed by atoms with Crippen LogP contribution in [0.2, 0.25) is 0 Å². The van der Waals surface area contributed by atoms with Crippen LogP contribution in [0.1, 0.15) is 65.2 Å². The molecule has 1 heterocycles. The van der Waals surface area contributed by atoms with Crippen LogP contribution in [-0.4, -0.2) is 19.3 Å². The normalized spacial score (nSPS) is 53.3. The highest BCUT2D eigenvalue weighted by Gasteiger charge is 2.60. The van der Waals surface area contributed by atoms with Crippen LogP contribution in [0.3, 0.4) is 0 Å². The molecule has 0 aromatic heterocycles. The van der Waals surface area contributed by atoms with Gasteiger partial charge in [-0.25, -0.2) is 0 Å². The Morgan fingerprint density at radius 3 is 2.38 bits per heavy atom. The third-order valence-corrected chi connectivity index (χ3v) is 7.14. The summed E-state index contributed by atoms with van der Waals surface area (Å²) in [6.07, 6.45) is 11.2. The Balaban J connectivity index is 1.56. The van der Waals surface area contributed by atoms with Gasteiger partial charge in [0, 0.05) is 18.6 Å². The van der Waals surface area contributed by atoms with Crippen LogP contribution < -0.4 is 11.3 Å². The van der Waals surface area contributed by atoms with Crippen LogP contribution in [0, 0.1) is 28.1 Å². The summed E-state index contributed by atoms with van der Waals surface area (Å²) >= 11 is 0. The van der Waals surface area contributed by atoms with Crippen LogP contribution in [0.15, 0.2) is 0 Å². The monoisotopic (exact) mass is 292 g/mol. The molecule has 0 spiro atoms. The molecule has 1 saturated heterocycles. The van der Waals surface area contributed by atoms with Crippen molar-refractivity contribution in [2.24, 2.45) is 33.9 Å². The van der Waals surface area contributed by atoms with Gasteiger partial charge in [-0.05, 0) is 73.5 Å². The largest absolute Gasteiger partial charge is 0.381 e. The number of hydrogen-bond donors (Lipinski definition) is 2.